The summed E-state index contributed by atoms with van der Waals surface area (Å²) < 4.78 is 0. The van der Waals surface area contributed by atoms with Crippen LogP contribution in [0.15, 0.2) is 10.9 Å². The summed E-state index contributed by atoms with van der Waals surface area (Å²) in [5.41, 5.74) is 2.23. The topological polar surface area (TPSA) is 50.2 Å². The Balaban J connectivity index is 1.82. The third kappa shape index (κ3) is 1.47. The molecule has 3 nitrogen and oxygen atoms in total. The number of hydrogen-bond acceptors (Lipinski definition) is 3. The second-order valence-electron chi connectivity index (χ2n) is 4.91. The van der Waals surface area contributed by atoms with E-state index in [2.05, 4.69) is 4.98 Å². The lowest BCUT2D eigenvalue weighted by atomic mass is 9.79. The number of hydrogen-bond donors (Lipinski definition) is 1. The molecule has 1 heterocycles. The van der Waals surface area contributed by atoms with Gasteiger partial charge in [0.25, 0.3) is 0 Å². The summed E-state index contributed by atoms with van der Waals surface area (Å²) in [6, 6.07) is 0. The number of aliphatic carboxylic acids is 1. The Bertz CT molecular complexity index is 377. The normalized spacial score (nSPS) is 37.6. The first-order valence-electron chi connectivity index (χ1n) is 5.30. The molecule has 0 aliphatic heterocycles. The van der Waals surface area contributed by atoms with Crippen LogP contribution in [-0.2, 0) is 11.2 Å². The number of aromatic nitrogens is 1. The van der Waals surface area contributed by atoms with Crippen molar-refractivity contribution in [1.82, 2.24) is 4.98 Å². The van der Waals surface area contributed by atoms with Crippen molar-refractivity contribution in [2.24, 2.45) is 17.3 Å². The van der Waals surface area contributed by atoms with Crippen LogP contribution < -0.4 is 0 Å². The molecule has 2 fully saturated rings. The van der Waals surface area contributed by atoms with Crippen molar-refractivity contribution in [2.45, 2.75) is 25.7 Å². The van der Waals surface area contributed by atoms with E-state index in [1.54, 1.807) is 16.8 Å². The maximum Gasteiger partial charge on any atom is 0.310 e. The fourth-order valence-corrected chi connectivity index (χ4v) is 3.52. The molecule has 0 amide bonds. The molecule has 0 spiro atoms. The van der Waals surface area contributed by atoms with Crippen LogP contribution in [0.2, 0.25) is 0 Å². The molecule has 2 atom stereocenters. The summed E-state index contributed by atoms with van der Waals surface area (Å²) in [5.74, 6) is 0.766. The highest BCUT2D eigenvalue weighted by molar-refractivity contribution is 7.07. The molecule has 0 saturated heterocycles. The van der Waals surface area contributed by atoms with E-state index in [-0.39, 0.29) is 0 Å². The average Bonchev–Trinajstić information content (AvgIpc) is 2.68. The minimum atomic E-state index is -0.622. The van der Waals surface area contributed by atoms with E-state index >= 15 is 0 Å². The van der Waals surface area contributed by atoms with Gasteiger partial charge in [-0.2, -0.15) is 0 Å². The molecule has 1 N–H and O–H groups in total. The number of thiazole rings is 1. The molecule has 80 valence electrons. The number of rotatable bonds is 3. The fourth-order valence-electron chi connectivity index (χ4n) is 2.96. The molecule has 0 bridgehead atoms. The van der Waals surface area contributed by atoms with E-state index in [9.17, 15) is 9.90 Å². The van der Waals surface area contributed by atoms with Crippen LogP contribution >= 0.6 is 11.3 Å². The van der Waals surface area contributed by atoms with Gasteiger partial charge in [0.2, 0.25) is 0 Å². The van der Waals surface area contributed by atoms with Crippen molar-refractivity contribution in [3.63, 3.8) is 0 Å². The van der Waals surface area contributed by atoms with Gasteiger partial charge in [-0.25, -0.2) is 4.98 Å². The Labute approximate surface area is 92.2 Å². The van der Waals surface area contributed by atoms with Gasteiger partial charge in [0.1, 0.15) is 0 Å². The molecule has 2 saturated carbocycles. The summed E-state index contributed by atoms with van der Waals surface area (Å²) in [7, 11) is 0. The number of carboxylic acids is 1. The van der Waals surface area contributed by atoms with Gasteiger partial charge in [-0.15, -0.1) is 11.3 Å². The van der Waals surface area contributed by atoms with Gasteiger partial charge in [-0.3, -0.25) is 4.79 Å². The van der Waals surface area contributed by atoms with E-state index < -0.39 is 11.4 Å². The Hall–Kier alpha value is -0.900. The Morgan fingerprint density at radius 2 is 2.33 bits per heavy atom. The van der Waals surface area contributed by atoms with Gasteiger partial charge < -0.3 is 5.11 Å². The first-order chi connectivity index (χ1) is 7.20. The molecule has 15 heavy (non-hydrogen) atoms. The van der Waals surface area contributed by atoms with Crippen molar-refractivity contribution in [2.75, 3.05) is 0 Å². The lowest BCUT2D eigenvalue weighted by Crippen LogP contribution is -2.32. The fraction of sp³-hybridized carbons (Fsp3) is 0.636. The van der Waals surface area contributed by atoms with Gasteiger partial charge in [0.15, 0.2) is 0 Å². The number of carboxylic acid groups (broad SMARTS) is 1. The summed E-state index contributed by atoms with van der Waals surface area (Å²) >= 11 is 1.54. The average molecular weight is 223 g/mol. The van der Waals surface area contributed by atoms with E-state index in [0.29, 0.717) is 18.3 Å². The molecule has 0 radical (unpaired) electrons. The number of nitrogens with zero attached hydrogens (tertiary/aromatic N) is 1. The third-order valence-corrected chi connectivity index (χ3v) is 4.47. The van der Waals surface area contributed by atoms with E-state index in [4.69, 9.17) is 0 Å². The zero-order valence-corrected chi connectivity index (χ0v) is 9.17. The Morgan fingerprint density at radius 3 is 2.87 bits per heavy atom. The Kier molecular flexibility index (Phi) is 1.89. The predicted octanol–water partition coefficient (Wildman–Crippen LogP) is 2.19. The van der Waals surface area contributed by atoms with Crippen LogP contribution in [0.5, 0.6) is 0 Å². The Morgan fingerprint density at radius 1 is 1.60 bits per heavy atom. The minimum absolute atomic E-state index is 0.498. The van der Waals surface area contributed by atoms with E-state index in [1.807, 2.05) is 5.38 Å². The second-order valence-corrected chi connectivity index (χ2v) is 5.62. The monoisotopic (exact) mass is 223 g/mol. The molecular weight excluding hydrogens is 210 g/mol. The molecule has 1 aromatic rings. The standard InChI is InChI=1S/C11H13NO2S/c13-10(14)11(2-7-1-8(7)3-11)4-9-5-15-6-12-9/h5-8H,1-4H2,(H,13,14). The largest absolute Gasteiger partial charge is 0.481 e. The van der Waals surface area contributed by atoms with Crippen molar-refractivity contribution < 1.29 is 9.90 Å². The van der Waals surface area contributed by atoms with Crippen molar-refractivity contribution in [3.8, 4) is 0 Å². The molecule has 2 aliphatic rings. The third-order valence-electron chi connectivity index (χ3n) is 3.83. The maximum atomic E-state index is 11.4. The van der Waals surface area contributed by atoms with Crippen LogP contribution in [0, 0.1) is 17.3 Å². The highest BCUT2D eigenvalue weighted by Crippen LogP contribution is 2.60. The van der Waals surface area contributed by atoms with Crippen molar-refractivity contribution in [1.29, 1.82) is 0 Å². The van der Waals surface area contributed by atoms with Gasteiger partial charge in [0.05, 0.1) is 16.6 Å². The molecule has 4 heteroatoms. The van der Waals surface area contributed by atoms with Crippen molar-refractivity contribution >= 4 is 17.3 Å². The molecule has 3 rings (SSSR count). The quantitative estimate of drug-likeness (QED) is 0.854. The lowest BCUT2D eigenvalue weighted by molar-refractivity contribution is -0.149. The van der Waals surface area contributed by atoms with E-state index in [0.717, 1.165) is 18.5 Å². The maximum absolute atomic E-state index is 11.4. The highest BCUT2D eigenvalue weighted by Gasteiger charge is 2.57. The summed E-state index contributed by atoms with van der Waals surface area (Å²) in [4.78, 5) is 15.6. The van der Waals surface area contributed by atoms with Gasteiger partial charge >= 0.3 is 5.97 Å². The summed E-state index contributed by atoms with van der Waals surface area (Å²) in [6.07, 6.45) is 3.61. The zero-order chi connectivity index (χ0) is 10.5. The van der Waals surface area contributed by atoms with Crippen LogP contribution in [-0.4, -0.2) is 16.1 Å². The highest BCUT2D eigenvalue weighted by atomic mass is 32.1. The van der Waals surface area contributed by atoms with Gasteiger partial charge in [-0.1, -0.05) is 0 Å². The number of fused-ring (bicyclic) bond motifs is 1. The van der Waals surface area contributed by atoms with Crippen LogP contribution in [0.4, 0.5) is 0 Å². The molecule has 0 aromatic carbocycles. The lowest BCUT2D eigenvalue weighted by Gasteiger charge is -2.24. The van der Waals surface area contributed by atoms with Crippen LogP contribution in [0.1, 0.15) is 25.0 Å². The minimum Gasteiger partial charge on any atom is -0.481 e. The summed E-state index contributed by atoms with van der Waals surface area (Å²) in [6.45, 7) is 0. The zero-order valence-electron chi connectivity index (χ0n) is 8.35. The molecule has 2 aliphatic carbocycles. The first-order valence-corrected chi connectivity index (χ1v) is 6.24. The number of carbonyl (C=O) groups is 1. The van der Waals surface area contributed by atoms with Crippen molar-refractivity contribution in [3.05, 3.63) is 16.6 Å². The van der Waals surface area contributed by atoms with Crippen LogP contribution in [0.25, 0.3) is 0 Å². The summed E-state index contributed by atoms with van der Waals surface area (Å²) in [5, 5.41) is 11.3. The van der Waals surface area contributed by atoms with Gasteiger partial charge in [-0.05, 0) is 31.1 Å². The molecule has 2 unspecified atom stereocenters. The molecule has 1 aromatic heterocycles. The predicted molar refractivity (Wildman–Crippen MR) is 56.7 cm³/mol. The van der Waals surface area contributed by atoms with E-state index in [1.165, 1.54) is 6.42 Å². The second kappa shape index (κ2) is 3.04. The SMILES string of the molecule is O=C(O)C1(Cc2cscn2)CC2CC2C1. The first kappa shape index (κ1) is 9.33. The van der Waals surface area contributed by atoms with Crippen LogP contribution in [0.3, 0.4) is 0 Å². The smallest absolute Gasteiger partial charge is 0.310 e. The van der Waals surface area contributed by atoms with Gasteiger partial charge in [0, 0.05) is 11.8 Å². The molecular formula is C11H13NO2S.